The highest BCUT2D eigenvalue weighted by molar-refractivity contribution is 5.53. The maximum Gasteiger partial charge on any atom is 0.332 e. The third-order valence-corrected chi connectivity index (χ3v) is 3.83. The van der Waals surface area contributed by atoms with Crippen molar-refractivity contribution in [3.05, 3.63) is 26.4 Å². The van der Waals surface area contributed by atoms with Gasteiger partial charge < -0.3 is 9.64 Å². The van der Waals surface area contributed by atoms with E-state index in [1.165, 1.54) is 11.6 Å². The zero-order valence-corrected chi connectivity index (χ0v) is 12.6. The highest BCUT2D eigenvalue weighted by atomic mass is 16.5. The summed E-state index contributed by atoms with van der Waals surface area (Å²) in [6.45, 7) is 3.86. The van der Waals surface area contributed by atoms with E-state index in [1.54, 1.807) is 7.05 Å². The Labute approximate surface area is 123 Å². The van der Waals surface area contributed by atoms with E-state index in [0.29, 0.717) is 25.5 Å². The Morgan fingerprint density at radius 2 is 2.05 bits per heavy atom. The number of ether oxygens (including phenoxy) is 1. The van der Waals surface area contributed by atoms with Crippen molar-refractivity contribution < 1.29 is 4.74 Å². The average Bonchev–Trinajstić information content (AvgIpc) is 2.49. The van der Waals surface area contributed by atoms with E-state index in [0.717, 1.165) is 17.4 Å². The fourth-order valence-electron chi connectivity index (χ4n) is 2.80. The SMILES string of the molecule is CCO[C@H]1CCCN(c2c(C#N)c(=O)n(C)c(=O)n2C)C1. The van der Waals surface area contributed by atoms with Gasteiger partial charge in [0.2, 0.25) is 0 Å². The van der Waals surface area contributed by atoms with Crippen molar-refractivity contribution in [3.63, 3.8) is 0 Å². The molecule has 2 rings (SSSR count). The molecule has 0 saturated carbocycles. The monoisotopic (exact) mass is 292 g/mol. The number of aromatic nitrogens is 2. The van der Waals surface area contributed by atoms with Crippen LogP contribution in [0.15, 0.2) is 9.59 Å². The molecule has 2 heterocycles. The molecule has 0 unspecified atom stereocenters. The first-order chi connectivity index (χ1) is 10.0. The van der Waals surface area contributed by atoms with Crippen LogP contribution in [0, 0.1) is 11.3 Å². The highest BCUT2D eigenvalue weighted by Crippen LogP contribution is 2.21. The summed E-state index contributed by atoms with van der Waals surface area (Å²) >= 11 is 0. The summed E-state index contributed by atoms with van der Waals surface area (Å²) in [6.07, 6.45) is 1.92. The van der Waals surface area contributed by atoms with E-state index >= 15 is 0 Å². The number of piperidine rings is 1. The summed E-state index contributed by atoms with van der Waals surface area (Å²) in [6, 6.07) is 1.94. The molecule has 1 aromatic heterocycles. The van der Waals surface area contributed by atoms with Crippen LogP contribution in [0.4, 0.5) is 5.82 Å². The van der Waals surface area contributed by atoms with Gasteiger partial charge in [-0.15, -0.1) is 0 Å². The molecule has 1 saturated heterocycles. The van der Waals surface area contributed by atoms with Gasteiger partial charge in [0.25, 0.3) is 5.56 Å². The first-order valence-electron chi connectivity index (χ1n) is 7.07. The lowest BCUT2D eigenvalue weighted by Crippen LogP contribution is -2.46. The fraction of sp³-hybridized carbons (Fsp3) is 0.643. The largest absolute Gasteiger partial charge is 0.377 e. The predicted octanol–water partition coefficient (Wildman–Crippen LogP) is -0.0390. The van der Waals surface area contributed by atoms with Crippen molar-refractivity contribution in [2.24, 2.45) is 14.1 Å². The molecule has 7 heteroatoms. The number of hydrogen-bond acceptors (Lipinski definition) is 5. The number of hydrogen-bond donors (Lipinski definition) is 0. The molecule has 0 amide bonds. The number of nitrogens with zero attached hydrogens (tertiary/aromatic N) is 4. The van der Waals surface area contributed by atoms with Crippen molar-refractivity contribution in [3.8, 4) is 6.07 Å². The van der Waals surface area contributed by atoms with Crippen LogP contribution >= 0.6 is 0 Å². The molecule has 114 valence electrons. The van der Waals surface area contributed by atoms with Gasteiger partial charge in [0, 0.05) is 33.8 Å². The molecule has 1 atom stereocenters. The normalized spacial score (nSPS) is 18.6. The van der Waals surface area contributed by atoms with Crippen molar-refractivity contribution in [1.82, 2.24) is 9.13 Å². The van der Waals surface area contributed by atoms with Crippen molar-refractivity contribution in [2.75, 3.05) is 24.6 Å². The summed E-state index contributed by atoms with van der Waals surface area (Å²) in [7, 11) is 2.97. The van der Waals surface area contributed by atoms with Gasteiger partial charge in [-0.1, -0.05) is 0 Å². The minimum absolute atomic E-state index is 0.0109. The van der Waals surface area contributed by atoms with Gasteiger partial charge in [-0.3, -0.25) is 13.9 Å². The second-order valence-electron chi connectivity index (χ2n) is 5.18. The Kier molecular flexibility index (Phi) is 4.48. The number of rotatable bonds is 3. The lowest BCUT2D eigenvalue weighted by atomic mass is 10.1. The van der Waals surface area contributed by atoms with Crippen LogP contribution in [0.3, 0.4) is 0 Å². The smallest absolute Gasteiger partial charge is 0.332 e. The van der Waals surface area contributed by atoms with Crippen molar-refractivity contribution in [2.45, 2.75) is 25.9 Å². The van der Waals surface area contributed by atoms with Crippen LogP contribution in [0.2, 0.25) is 0 Å². The second kappa shape index (κ2) is 6.14. The second-order valence-corrected chi connectivity index (χ2v) is 5.18. The molecule has 1 aliphatic heterocycles. The average molecular weight is 292 g/mol. The van der Waals surface area contributed by atoms with E-state index in [9.17, 15) is 14.9 Å². The van der Waals surface area contributed by atoms with Crippen molar-refractivity contribution >= 4 is 5.82 Å². The zero-order valence-electron chi connectivity index (χ0n) is 12.6. The Balaban J connectivity index is 2.51. The summed E-state index contributed by atoms with van der Waals surface area (Å²) < 4.78 is 7.97. The number of anilines is 1. The van der Waals surface area contributed by atoms with Crippen LogP contribution < -0.4 is 16.1 Å². The maximum absolute atomic E-state index is 12.1. The third kappa shape index (κ3) is 2.72. The molecule has 0 spiro atoms. The van der Waals surface area contributed by atoms with Crippen LogP contribution in [0.1, 0.15) is 25.3 Å². The molecule has 0 N–H and O–H groups in total. The Hall–Kier alpha value is -2.07. The molecule has 1 aromatic rings. The molecular formula is C14H20N4O3. The van der Waals surface area contributed by atoms with Crippen LogP contribution in [0.5, 0.6) is 0 Å². The predicted molar refractivity (Wildman–Crippen MR) is 78.5 cm³/mol. The van der Waals surface area contributed by atoms with Gasteiger partial charge in [0.15, 0.2) is 5.56 Å². The minimum Gasteiger partial charge on any atom is -0.377 e. The van der Waals surface area contributed by atoms with Gasteiger partial charge in [-0.2, -0.15) is 5.26 Å². The summed E-state index contributed by atoms with van der Waals surface area (Å²) in [5, 5.41) is 9.30. The summed E-state index contributed by atoms with van der Waals surface area (Å²) in [5.74, 6) is 0.398. The maximum atomic E-state index is 12.1. The van der Waals surface area contributed by atoms with E-state index in [1.807, 2.05) is 17.9 Å². The number of nitriles is 1. The lowest BCUT2D eigenvalue weighted by Gasteiger charge is -2.35. The van der Waals surface area contributed by atoms with Gasteiger partial charge in [-0.25, -0.2) is 4.79 Å². The van der Waals surface area contributed by atoms with E-state index in [4.69, 9.17) is 4.74 Å². The fourth-order valence-corrected chi connectivity index (χ4v) is 2.80. The first kappa shape index (κ1) is 15.3. The van der Waals surface area contributed by atoms with Gasteiger partial charge in [0.1, 0.15) is 11.9 Å². The standard InChI is InChI=1S/C14H20N4O3/c1-4-21-10-6-5-7-18(9-10)12-11(8-15)13(19)17(3)14(20)16(12)2/h10H,4-7,9H2,1-3H3/t10-/m0/s1. The molecule has 0 bridgehead atoms. The Bertz CT molecular complexity index is 681. The van der Waals surface area contributed by atoms with Crippen LogP contribution in [-0.2, 0) is 18.8 Å². The van der Waals surface area contributed by atoms with Gasteiger partial charge in [-0.05, 0) is 19.8 Å². The van der Waals surface area contributed by atoms with E-state index in [-0.39, 0.29) is 11.7 Å². The quantitative estimate of drug-likeness (QED) is 0.781. The molecule has 7 nitrogen and oxygen atoms in total. The van der Waals surface area contributed by atoms with Crippen LogP contribution in [-0.4, -0.2) is 34.9 Å². The lowest BCUT2D eigenvalue weighted by molar-refractivity contribution is 0.0523. The molecule has 0 radical (unpaired) electrons. The molecule has 1 aliphatic rings. The van der Waals surface area contributed by atoms with Crippen molar-refractivity contribution in [1.29, 1.82) is 5.26 Å². The van der Waals surface area contributed by atoms with Gasteiger partial charge >= 0.3 is 5.69 Å². The molecular weight excluding hydrogens is 272 g/mol. The Morgan fingerprint density at radius 1 is 1.33 bits per heavy atom. The third-order valence-electron chi connectivity index (χ3n) is 3.83. The van der Waals surface area contributed by atoms with E-state index < -0.39 is 11.2 Å². The minimum atomic E-state index is -0.547. The summed E-state index contributed by atoms with van der Waals surface area (Å²) in [4.78, 5) is 26.1. The molecule has 0 aromatic carbocycles. The molecule has 21 heavy (non-hydrogen) atoms. The zero-order chi connectivity index (χ0) is 15.6. The molecule has 0 aliphatic carbocycles. The molecule has 1 fully saturated rings. The summed E-state index contributed by atoms with van der Waals surface area (Å²) in [5.41, 5.74) is -0.960. The van der Waals surface area contributed by atoms with Crippen LogP contribution in [0.25, 0.3) is 0 Å². The topological polar surface area (TPSA) is 80.3 Å². The van der Waals surface area contributed by atoms with Gasteiger partial charge in [0.05, 0.1) is 6.10 Å². The first-order valence-corrected chi connectivity index (χ1v) is 7.07. The Morgan fingerprint density at radius 3 is 2.67 bits per heavy atom. The highest BCUT2D eigenvalue weighted by Gasteiger charge is 2.26. The van der Waals surface area contributed by atoms with E-state index in [2.05, 4.69) is 0 Å².